The first-order valence-corrected chi connectivity index (χ1v) is 11.4. The lowest BCUT2D eigenvalue weighted by Gasteiger charge is -2.31. The molecule has 1 aromatic rings. The van der Waals surface area contributed by atoms with Crippen LogP contribution in [-0.2, 0) is 16.0 Å². The molecule has 8 nitrogen and oxygen atoms in total. The average molecular weight is 422 g/mol. The second-order valence-electron chi connectivity index (χ2n) is 8.51. The van der Waals surface area contributed by atoms with Gasteiger partial charge in [-0.05, 0) is 58.5 Å². The highest BCUT2D eigenvalue weighted by Crippen LogP contribution is 2.19. The third-order valence-electron chi connectivity index (χ3n) is 6.06. The molecular formula is C22H39N5O3. The summed E-state index contributed by atoms with van der Waals surface area (Å²) < 4.78 is 16.8. The highest BCUT2D eigenvalue weighted by atomic mass is 16.5. The Morgan fingerprint density at radius 2 is 2.03 bits per heavy atom. The molecule has 0 spiro atoms. The fourth-order valence-corrected chi connectivity index (χ4v) is 3.95. The smallest absolute Gasteiger partial charge is 0.208 e. The van der Waals surface area contributed by atoms with Gasteiger partial charge in [-0.2, -0.15) is 0 Å². The molecule has 0 aliphatic carbocycles. The molecule has 0 amide bonds. The molecular weight excluding hydrogens is 382 g/mol. The molecule has 2 N–H and O–H groups in total. The van der Waals surface area contributed by atoms with E-state index in [1.54, 1.807) is 0 Å². The van der Waals surface area contributed by atoms with Crippen LogP contribution in [0.25, 0.3) is 0 Å². The van der Waals surface area contributed by atoms with Gasteiger partial charge in [-0.1, -0.05) is 0 Å². The summed E-state index contributed by atoms with van der Waals surface area (Å²) in [5, 5.41) is 6.87. The second kappa shape index (κ2) is 12.3. The lowest BCUT2D eigenvalue weighted by atomic mass is 9.97. The summed E-state index contributed by atoms with van der Waals surface area (Å²) in [4.78, 5) is 11.3. The molecule has 30 heavy (non-hydrogen) atoms. The summed E-state index contributed by atoms with van der Waals surface area (Å²) in [5.74, 6) is 3.91. The summed E-state index contributed by atoms with van der Waals surface area (Å²) in [5.41, 5.74) is 0.998. The zero-order valence-corrected chi connectivity index (χ0v) is 18.9. The van der Waals surface area contributed by atoms with Gasteiger partial charge >= 0.3 is 0 Å². The molecule has 0 radical (unpaired) electrons. The second-order valence-corrected chi connectivity index (χ2v) is 8.51. The van der Waals surface area contributed by atoms with Gasteiger partial charge in [0.2, 0.25) is 5.89 Å². The van der Waals surface area contributed by atoms with Gasteiger partial charge < -0.3 is 24.5 Å². The van der Waals surface area contributed by atoms with Crippen molar-refractivity contribution in [3.8, 4) is 0 Å². The van der Waals surface area contributed by atoms with Crippen molar-refractivity contribution in [2.75, 3.05) is 59.7 Å². The third-order valence-corrected chi connectivity index (χ3v) is 6.06. The molecule has 2 aliphatic rings. The van der Waals surface area contributed by atoms with Gasteiger partial charge in [-0.15, -0.1) is 0 Å². The van der Waals surface area contributed by atoms with Crippen LogP contribution in [0.2, 0.25) is 0 Å². The summed E-state index contributed by atoms with van der Waals surface area (Å²) >= 11 is 0. The minimum absolute atomic E-state index is 0.586. The predicted octanol–water partition coefficient (Wildman–Crippen LogP) is 2.11. The maximum absolute atomic E-state index is 5.75. The van der Waals surface area contributed by atoms with Gasteiger partial charge in [0.05, 0.1) is 25.5 Å². The summed E-state index contributed by atoms with van der Waals surface area (Å²) in [7, 11) is 1.83. The third kappa shape index (κ3) is 7.56. The number of ether oxygens (including phenoxy) is 2. The van der Waals surface area contributed by atoms with Crippen LogP contribution in [0, 0.1) is 25.7 Å². The number of hydrogen-bond acceptors (Lipinski definition) is 6. The zero-order valence-electron chi connectivity index (χ0n) is 18.9. The van der Waals surface area contributed by atoms with Gasteiger partial charge in [0.1, 0.15) is 5.76 Å². The minimum atomic E-state index is 0.586. The van der Waals surface area contributed by atoms with Crippen LogP contribution in [-0.4, -0.2) is 75.5 Å². The Balaban J connectivity index is 1.23. The Kier molecular flexibility index (Phi) is 9.42. The number of nitrogens with zero attached hydrogens (tertiary/aromatic N) is 3. The van der Waals surface area contributed by atoms with Crippen molar-refractivity contribution in [3.63, 3.8) is 0 Å². The Morgan fingerprint density at radius 3 is 2.70 bits per heavy atom. The highest BCUT2D eigenvalue weighted by Gasteiger charge is 2.21. The van der Waals surface area contributed by atoms with Gasteiger partial charge in [0.15, 0.2) is 5.96 Å². The first-order valence-electron chi connectivity index (χ1n) is 11.4. The molecule has 0 bridgehead atoms. The van der Waals surface area contributed by atoms with Crippen LogP contribution in [0.4, 0.5) is 0 Å². The van der Waals surface area contributed by atoms with E-state index >= 15 is 0 Å². The van der Waals surface area contributed by atoms with E-state index in [1.165, 1.54) is 12.8 Å². The van der Waals surface area contributed by atoms with Gasteiger partial charge in [-0.3, -0.25) is 9.89 Å². The highest BCUT2D eigenvalue weighted by molar-refractivity contribution is 5.79. The monoisotopic (exact) mass is 421 g/mol. The number of guanidine groups is 1. The Hall–Kier alpha value is -1.64. The van der Waals surface area contributed by atoms with Crippen molar-refractivity contribution < 1.29 is 13.9 Å². The molecule has 170 valence electrons. The molecule has 1 aromatic heterocycles. The van der Waals surface area contributed by atoms with Crippen LogP contribution >= 0.6 is 0 Å². The number of aryl methyl sites for hydroxylation is 2. The Bertz CT molecular complexity index is 630. The zero-order chi connectivity index (χ0) is 21.2. The van der Waals surface area contributed by atoms with Crippen molar-refractivity contribution in [2.45, 2.75) is 46.1 Å². The number of rotatable bonds is 10. The Morgan fingerprint density at radius 1 is 1.20 bits per heavy atom. The maximum atomic E-state index is 5.75. The largest absolute Gasteiger partial charge is 0.444 e. The van der Waals surface area contributed by atoms with Crippen LogP contribution < -0.4 is 10.6 Å². The molecule has 2 aliphatic heterocycles. The van der Waals surface area contributed by atoms with Crippen LogP contribution in [0.15, 0.2) is 9.41 Å². The van der Waals surface area contributed by atoms with E-state index < -0.39 is 0 Å². The van der Waals surface area contributed by atoms with Gasteiger partial charge in [0.25, 0.3) is 0 Å². The molecule has 2 saturated heterocycles. The van der Waals surface area contributed by atoms with E-state index in [9.17, 15) is 0 Å². The van der Waals surface area contributed by atoms with Crippen LogP contribution in [0.1, 0.15) is 43.0 Å². The van der Waals surface area contributed by atoms with Gasteiger partial charge in [-0.25, -0.2) is 4.98 Å². The summed E-state index contributed by atoms with van der Waals surface area (Å²) in [6.07, 6.45) is 4.47. The predicted molar refractivity (Wildman–Crippen MR) is 118 cm³/mol. The quantitative estimate of drug-likeness (QED) is 0.340. The number of aliphatic imine (C=N–C) groups is 1. The van der Waals surface area contributed by atoms with E-state index in [0.717, 1.165) is 95.3 Å². The van der Waals surface area contributed by atoms with E-state index in [4.69, 9.17) is 13.9 Å². The fraction of sp³-hybridized carbons (Fsp3) is 0.818. The first-order chi connectivity index (χ1) is 14.6. The molecule has 1 unspecified atom stereocenters. The van der Waals surface area contributed by atoms with E-state index in [2.05, 4.69) is 25.5 Å². The van der Waals surface area contributed by atoms with Crippen molar-refractivity contribution in [1.82, 2.24) is 20.5 Å². The number of likely N-dealkylation sites (tertiary alicyclic amines) is 1. The van der Waals surface area contributed by atoms with Crippen molar-refractivity contribution in [2.24, 2.45) is 16.8 Å². The number of piperidine rings is 1. The molecule has 3 heterocycles. The fourth-order valence-electron chi connectivity index (χ4n) is 3.95. The van der Waals surface area contributed by atoms with Crippen LogP contribution in [0.3, 0.4) is 0 Å². The Labute approximate surface area is 180 Å². The normalized spacial score (nSPS) is 21.3. The number of oxazole rings is 1. The van der Waals surface area contributed by atoms with E-state index in [0.29, 0.717) is 11.8 Å². The van der Waals surface area contributed by atoms with Gasteiger partial charge in [0, 0.05) is 39.3 Å². The molecule has 2 fully saturated rings. The molecule has 0 aromatic carbocycles. The summed E-state index contributed by atoms with van der Waals surface area (Å²) in [6.45, 7) is 12.1. The lowest BCUT2D eigenvalue weighted by molar-refractivity contribution is 0.0888. The standard InChI is InChI=1S/C22H39N5O3/c1-17-18(2)30-21(26-17)14-27-9-5-19(6-10-27)13-25-22(23-3)24-8-4-11-28-15-20-7-12-29-16-20/h19-20H,4-16H2,1-3H3,(H2,23,24,25). The molecule has 1 atom stereocenters. The van der Waals surface area contributed by atoms with Crippen molar-refractivity contribution >= 4 is 5.96 Å². The number of nitrogens with one attached hydrogen (secondary N) is 2. The maximum Gasteiger partial charge on any atom is 0.208 e. The molecule has 8 heteroatoms. The number of aromatic nitrogens is 1. The van der Waals surface area contributed by atoms with Crippen molar-refractivity contribution in [1.29, 1.82) is 0 Å². The van der Waals surface area contributed by atoms with Crippen molar-refractivity contribution in [3.05, 3.63) is 17.3 Å². The summed E-state index contributed by atoms with van der Waals surface area (Å²) in [6, 6.07) is 0. The van der Waals surface area contributed by atoms with E-state index in [-0.39, 0.29) is 0 Å². The average Bonchev–Trinajstić information content (AvgIpc) is 3.37. The minimum Gasteiger partial charge on any atom is -0.444 e. The molecule has 0 saturated carbocycles. The topological polar surface area (TPSA) is 84.2 Å². The first kappa shape index (κ1) is 23.0. The molecule has 3 rings (SSSR count). The van der Waals surface area contributed by atoms with Crippen LogP contribution in [0.5, 0.6) is 0 Å². The lowest BCUT2D eigenvalue weighted by Crippen LogP contribution is -2.43. The van der Waals surface area contributed by atoms with E-state index in [1.807, 2.05) is 20.9 Å². The number of hydrogen-bond donors (Lipinski definition) is 2. The SMILES string of the molecule is CN=C(NCCCOCC1CCOC1)NCC1CCN(Cc2nc(C)c(C)o2)CC1.